The average molecular weight is 274 g/mol. The molecule has 1 atom stereocenters. The standard InChI is InChI=1S/C12H16ClNO2S/c1-2-14-10(12(15)16)7-8-17-11-6-4-3-5-9(11)13/h3-6,10,14H,2,7-8H2,1H3,(H,15,16). The van der Waals surface area contributed by atoms with Gasteiger partial charge >= 0.3 is 5.97 Å². The van der Waals surface area contributed by atoms with Crippen LogP contribution in [0, 0.1) is 0 Å². The molecule has 0 aliphatic heterocycles. The number of hydrogen-bond acceptors (Lipinski definition) is 3. The van der Waals surface area contributed by atoms with E-state index in [2.05, 4.69) is 5.32 Å². The number of hydrogen-bond donors (Lipinski definition) is 2. The number of rotatable bonds is 7. The SMILES string of the molecule is CCNC(CCSc1ccccc1Cl)C(=O)O. The quantitative estimate of drug-likeness (QED) is 0.750. The number of carboxylic acids is 1. The lowest BCUT2D eigenvalue weighted by atomic mass is 10.2. The van der Waals surface area contributed by atoms with Crippen molar-refractivity contribution < 1.29 is 9.90 Å². The molecule has 0 spiro atoms. The van der Waals surface area contributed by atoms with Gasteiger partial charge in [0, 0.05) is 10.6 Å². The maximum absolute atomic E-state index is 10.9. The van der Waals surface area contributed by atoms with Gasteiger partial charge in [0.1, 0.15) is 6.04 Å². The third-order valence-corrected chi connectivity index (χ3v) is 3.80. The van der Waals surface area contributed by atoms with Crippen molar-refractivity contribution in [2.75, 3.05) is 12.3 Å². The predicted molar refractivity (Wildman–Crippen MR) is 71.9 cm³/mol. The molecule has 94 valence electrons. The monoisotopic (exact) mass is 273 g/mol. The second-order valence-corrected chi connectivity index (χ2v) is 5.06. The number of aliphatic carboxylic acids is 1. The van der Waals surface area contributed by atoms with Crippen LogP contribution in [0.1, 0.15) is 13.3 Å². The minimum Gasteiger partial charge on any atom is -0.480 e. The molecule has 5 heteroatoms. The first kappa shape index (κ1) is 14.4. The van der Waals surface area contributed by atoms with Crippen LogP contribution < -0.4 is 5.32 Å². The Bertz CT molecular complexity index is 373. The van der Waals surface area contributed by atoms with E-state index < -0.39 is 12.0 Å². The van der Waals surface area contributed by atoms with E-state index in [1.165, 1.54) is 0 Å². The predicted octanol–water partition coefficient (Wildman–Crippen LogP) is 2.88. The Morgan fingerprint density at radius 2 is 2.24 bits per heavy atom. The van der Waals surface area contributed by atoms with Gasteiger partial charge in [-0.15, -0.1) is 11.8 Å². The molecule has 1 unspecified atom stereocenters. The lowest BCUT2D eigenvalue weighted by molar-refractivity contribution is -0.139. The third-order valence-electron chi connectivity index (χ3n) is 2.25. The van der Waals surface area contributed by atoms with Gasteiger partial charge in [0.25, 0.3) is 0 Å². The second kappa shape index (κ2) is 7.58. The van der Waals surface area contributed by atoms with Crippen LogP contribution in [-0.4, -0.2) is 29.4 Å². The van der Waals surface area contributed by atoms with Crippen molar-refractivity contribution in [2.45, 2.75) is 24.3 Å². The van der Waals surface area contributed by atoms with Crippen LogP contribution >= 0.6 is 23.4 Å². The van der Waals surface area contributed by atoms with E-state index in [0.717, 1.165) is 10.6 Å². The van der Waals surface area contributed by atoms with Crippen LogP contribution in [0.2, 0.25) is 5.02 Å². The molecule has 0 heterocycles. The number of carboxylic acid groups (broad SMARTS) is 1. The molecule has 17 heavy (non-hydrogen) atoms. The summed E-state index contributed by atoms with van der Waals surface area (Å²) in [6, 6.07) is 7.10. The summed E-state index contributed by atoms with van der Waals surface area (Å²) in [6.07, 6.45) is 0.582. The first-order chi connectivity index (χ1) is 8.15. The third kappa shape index (κ3) is 4.98. The molecule has 0 radical (unpaired) electrons. The Hall–Kier alpha value is -0.710. The lowest BCUT2D eigenvalue weighted by Gasteiger charge is -2.12. The number of nitrogens with one attached hydrogen (secondary N) is 1. The topological polar surface area (TPSA) is 49.3 Å². The maximum atomic E-state index is 10.9. The van der Waals surface area contributed by atoms with E-state index >= 15 is 0 Å². The second-order valence-electron chi connectivity index (χ2n) is 3.52. The van der Waals surface area contributed by atoms with E-state index in [1.807, 2.05) is 31.2 Å². The summed E-state index contributed by atoms with van der Waals surface area (Å²) in [7, 11) is 0. The van der Waals surface area contributed by atoms with Gasteiger partial charge in [-0.2, -0.15) is 0 Å². The number of thioether (sulfide) groups is 1. The minimum atomic E-state index is -0.799. The van der Waals surface area contributed by atoms with Gasteiger partial charge in [-0.05, 0) is 25.1 Å². The zero-order chi connectivity index (χ0) is 12.7. The molecule has 0 bridgehead atoms. The van der Waals surface area contributed by atoms with Gasteiger partial charge < -0.3 is 10.4 Å². The number of carbonyl (C=O) groups is 1. The fraction of sp³-hybridized carbons (Fsp3) is 0.417. The molecule has 2 N–H and O–H groups in total. The highest BCUT2D eigenvalue weighted by molar-refractivity contribution is 7.99. The molecule has 0 fully saturated rings. The highest BCUT2D eigenvalue weighted by Crippen LogP contribution is 2.27. The number of benzene rings is 1. The van der Waals surface area contributed by atoms with E-state index in [1.54, 1.807) is 11.8 Å². The Morgan fingerprint density at radius 3 is 2.82 bits per heavy atom. The van der Waals surface area contributed by atoms with Crippen molar-refractivity contribution >= 4 is 29.3 Å². The average Bonchev–Trinajstić information content (AvgIpc) is 2.30. The fourth-order valence-corrected chi connectivity index (χ4v) is 2.66. The van der Waals surface area contributed by atoms with Crippen LogP contribution in [0.3, 0.4) is 0 Å². The van der Waals surface area contributed by atoms with Crippen molar-refractivity contribution in [3.8, 4) is 0 Å². The normalized spacial score (nSPS) is 12.4. The summed E-state index contributed by atoms with van der Waals surface area (Å²) in [5, 5.41) is 12.6. The zero-order valence-corrected chi connectivity index (χ0v) is 11.2. The summed E-state index contributed by atoms with van der Waals surface area (Å²) in [4.78, 5) is 11.9. The van der Waals surface area contributed by atoms with Gasteiger partial charge in [-0.1, -0.05) is 30.7 Å². The van der Waals surface area contributed by atoms with Gasteiger partial charge in [-0.3, -0.25) is 4.79 Å². The molecule has 3 nitrogen and oxygen atoms in total. The fourth-order valence-electron chi connectivity index (χ4n) is 1.41. The zero-order valence-electron chi connectivity index (χ0n) is 9.65. The molecular formula is C12H16ClNO2S. The Labute approximate surface area is 111 Å². The van der Waals surface area contributed by atoms with E-state index in [0.29, 0.717) is 18.0 Å². The summed E-state index contributed by atoms with van der Waals surface area (Å²) in [5.41, 5.74) is 0. The molecular weight excluding hydrogens is 258 g/mol. The maximum Gasteiger partial charge on any atom is 0.320 e. The van der Waals surface area contributed by atoms with E-state index in [4.69, 9.17) is 16.7 Å². The van der Waals surface area contributed by atoms with Gasteiger partial charge in [0.05, 0.1) is 5.02 Å². The van der Waals surface area contributed by atoms with Gasteiger partial charge in [0.15, 0.2) is 0 Å². The van der Waals surface area contributed by atoms with Crippen LogP contribution in [0.4, 0.5) is 0 Å². The Morgan fingerprint density at radius 1 is 1.53 bits per heavy atom. The molecule has 1 aromatic rings. The molecule has 1 rings (SSSR count). The highest BCUT2D eigenvalue weighted by atomic mass is 35.5. The van der Waals surface area contributed by atoms with Crippen LogP contribution in [0.15, 0.2) is 29.2 Å². The lowest BCUT2D eigenvalue weighted by Crippen LogP contribution is -2.36. The Balaban J connectivity index is 2.41. The van der Waals surface area contributed by atoms with Gasteiger partial charge in [-0.25, -0.2) is 0 Å². The van der Waals surface area contributed by atoms with Crippen LogP contribution in [-0.2, 0) is 4.79 Å². The number of likely N-dealkylation sites (N-methyl/N-ethyl adjacent to an activating group) is 1. The largest absolute Gasteiger partial charge is 0.480 e. The van der Waals surface area contributed by atoms with Crippen molar-refractivity contribution in [1.82, 2.24) is 5.32 Å². The van der Waals surface area contributed by atoms with E-state index in [-0.39, 0.29) is 0 Å². The van der Waals surface area contributed by atoms with Crippen LogP contribution in [0.5, 0.6) is 0 Å². The van der Waals surface area contributed by atoms with Crippen molar-refractivity contribution in [3.05, 3.63) is 29.3 Å². The first-order valence-corrected chi connectivity index (χ1v) is 6.85. The van der Waals surface area contributed by atoms with Gasteiger partial charge in [0.2, 0.25) is 0 Å². The van der Waals surface area contributed by atoms with Crippen molar-refractivity contribution in [3.63, 3.8) is 0 Å². The molecule has 0 saturated heterocycles. The summed E-state index contributed by atoms with van der Waals surface area (Å²) in [6.45, 7) is 2.56. The smallest absolute Gasteiger partial charge is 0.320 e. The molecule has 0 aromatic heterocycles. The molecule has 1 aromatic carbocycles. The minimum absolute atomic E-state index is 0.477. The summed E-state index contributed by atoms with van der Waals surface area (Å²) < 4.78 is 0. The van der Waals surface area contributed by atoms with E-state index in [9.17, 15) is 4.79 Å². The molecule has 0 aliphatic rings. The molecule has 0 amide bonds. The summed E-state index contributed by atoms with van der Waals surface area (Å²) >= 11 is 7.59. The first-order valence-electron chi connectivity index (χ1n) is 5.48. The Kier molecular flexibility index (Phi) is 6.40. The highest BCUT2D eigenvalue weighted by Gasteiger charge is 2.15. The van der Waals surface area contributed by atoms with Crippen LogP contribution in [0.25, 0.3) is 0 Å². The summed E-state index contributed by atoms with van der Waals surface area (Å²) in [5.74, 6) is -0.0696. The van der Waals surface area contributed by atoms with Crippen molar-refractivity contribution in [1.29, 1.82) is 0 Å². The molecule has 0 aliphatic carbocycles. The van der Waals surface area contributed by atoms with Crippen molar-refractivity contribution in [2.24, 2.45) is 0 Å². The number of halogens is 1. The molecule has 0 saturated carbocycles.